The van der Waals surface area contributed by atoms with Gasteiger partial charge in [-0.15, -0.1) is 11.3 Å². The summed E-state index contributed by atoms with van der Waals surface area (Å²) in [5.41, 5.74) is 3.71. The predicted octanol–water partition coefficient (Wildman–Crippen LogP) is 5.22. The van der Waals surface area contributed by atoms with Gasteiger partial charge in [0.1, 0.15) is 10.8 Å². The maximum absolute atomic E-state index is 13.0. The number of thiophene rings is 1. The molecule has 1 N–H and O–H groups in total. The number of ether oxygens (including phenoxy) is 2. The third-order valence-corrected chi connectivity index (χ3v) is 6.58. The van der Waals surface area contributed by atoms with Gasteiger partial charge in [0.2, 0.25) is 0 Å². The molecule has 3 rings (SSSR count). The first kappa shape index (κ1) is 21.4. The second-order valence-electron chi connectivity index (χ2n) is 7.34. The van der Waals surface area contributed by atoms with Gasteiger partial charge >= 0.3 is 5.97 Å². The van der Waals surface area contributed by atoms with Gasteiger partial charge in [-0.25, -0.2) is 4.79 Å². The maximum Gasteiger partial charge on any atom is 0.341 e. The van der Waals surface area contributed by atoms with Crippen LogP contribution in [0.4, 0.5) is 5.00 Å². The number of amides is 1. The molecule has 0 saturated heterocycles. The lowest BCUT2D eigenvalue weighted by Crippen LogP contribution is -2.33. The fourth-order valence-electron chi connectivity index (χ4n) is 3.59. The van der Waals surface area contributed by atoms with Crippen molar-refractivity contribution in [1.82, 2.24) is 0 Å². The van der Waals surface area contributed by atoms with E-state index in [1.54, 1.807) is 6.92 Å². The van der Waals surface area contributed by atoms with Gasteiger partial charge in [-0.2, -0.15) is 0 Å². The van der Waals surface area contributed by atoms with E-state index in [4.69, 9.17) is 9.47 Å². The minimum Gasteiger partial charge on any atom is -0.480 e. The zero-order valence-electron chi connectivity index (χ0n) is 17.6. The highest BCUT2D eigenvalue weighted by atomic mass is 32.1. The molecule has 1 aromatic carbocycles. The first-order chi connectivity index (χ1) is 14.0. The van der Waals surface area contributed by atoms with Crippen LogP contribution in [0.25, 0.3) is 0 Å². The van der Waals surface area contributed by atoms with Crippen LogP contribution in [0.5, 0.6) is 5.75 Å². The van der Waals surface area contributed by atoms with E-state index in [2.05, 4.69) is 5.32 Å². The number of rotatable bonds is 7. The molecule has 0 fully saturated rings. The van der Waals surface area contributed by atoms with Gasteiger partial charge < -0.3 is 14.8 Å². The smallest absolute Gasteiger partial charge is 0.341 e. The largest absolute Gasteiger partial charge is 0.480 e. The summed E-state index contributed by atoms with van der Waals surface area (Å²) in [5.74, 6) is 0.117. The minimum absolute atomic E-state index is 0.238. The third kappa shape index (κ3) is 4.64. The van der Waals surface area contributed by atoms with E-state index in [1.165, 1.54) is 16.2 Å². The van der Waals surface area contributed by atoms with Crippen LogP contribution in [-0.2, 0) is 22.4 Å². The van der Waals surface area contributed by atoms with Crippen LogP contribution in [0, 0.1) is 13.8 Å². The van der Waals surface area contributed by atoms with E-state index in [9.17, 15) is 9.59 Å². The zero-order valence-corrected chi connectivity index (χ0v) is 18.4. The average molecular weight is 416 g/mol. The molecule has 29 heavy (non-hydrogen) atoms. The van der Waals surface area contributed by atoms with Crippen molar-refractivity contribution in [3.63, 3.8) is 0 Å². The number of benzene rings is 1. The Hall–Kier alpha value is -2.34. The van der Waals surface area contributed by atoms with E-state index < -0.39 is 6.10 Å². The minimum atomic E-state index is -0.635. The van der Waals surface area contributed by atoms with E-state index in [0.717, 1.165) is 42.4 Å². The lowest BCUT2D eigenvalue weighted by molar-refractivity contribution is -0.122. The molecule has 1 aliphatic carbocycles. The first-order valence-electron chi connectivity index (χ1n) is 10.3. The van der Waals surface area contributed by atoms with Gasteiger partial charge in [-0.3, -0.25) is 4.79 Å². The van der Waals surface area contributed by atoms with Gasteiger partial charge in [0.15, 0.2) is 6.10 Å². The number of hydrogen-bond acceptors (Lipinski definition) is 5. The highest BCUT2D eigenvalue weighted by Crippen LogP contribution is 2.38. The fourth-order valence-corrected chi connectivity index (χ4v) is 4.87. The molecular weight excluding hydrogens is 386 g/mol. The highest BCUT2D eigenvalue weighted by Gasteiger charge is 2.29. The molecule has 0 spiro atoms. The molecule has 6 heteroatoms. The summed E-state index contributed by atoms with van der Waals surface area (Å²) in [6.45, 7) is 8.03. The lowest BCUT2D eigenvalue weighted by Gasteiger charge is -2.19. The summed E-state index contributed by atoms with van der Waals surface area (Å²) in [5, 5.41) is 3.55. The van der Waals surface area contributed by atoms with Crippen molar-refractivity contribution < 1.29 is 19.1 Å². The van der Waals surface area contributed by atoms with E-state index in [-0.39, 0.29) is 11.9 Å². The van der Waals surface area contributed by atoms with Gasteiger partial charge in [-0.1, -0.05) is 19.1 Å². The zero-order chi connectivity index (χ0) is 21.0. The molecule has 0 radical (unpaired) electrons. The second-order valence-corrected chi connectivity index (χ2v) is 8.44. The Kier molecular flexibility index (Phi) is 6.96. The Balaban J connectivity index is 1.84. The predicted molar refractivity (Wildman–Crippen MR) is 116 cm³/mol. The number of nitrogens with one attached hydrogen (secondary N) is 1. The second kappa shape index (κ2) is 9.44. The van der Waals surface area contributed by atoms with Crippen molar-refractivity contribution in [3.05, 3.63) is 45.3 Å². The Labute approximate surface area is 176 Å². The number of carbonyl (C=O) groups is 2. The van der Waals surface area contributed by atoms with Gasteiger partial charge in [0.05, 0.1) is 12.2 Å². The molecule has 0 bridgehead atoms. The van der Waals surface area contributed by atoms with Crippen LogP contribution in [0.1, 0.15) is 65.0 Å². The van der Waals surface area contributed by atoms with Crippen LogP contribution < -0.4 is 10.1 Å². The Morgan fingerprint density at radius 1 is 1.17 bits per heavy atom. The molecule has 1 aliphatic rings. The Bertz CT molecular complexity index is 903. The molecular formula is C23H29NO4S. The van der Waals surface area contributed by atoms with Crippen molar-refractivity contribution in [2.75, 3.05) is 11.9 Å². The van der Waals surface area contributed by atoms with E-state index >= 15 is 0 Å². The maximum atomic E-state index is 13.0. The number of fused-ring (bicyclic) bond motifs is 1. The number of esters is 1. The summed E-state index contributed by atoms with van der Waals surface area (Å²) in [6.07, 6.45) is 3.85. The molecule has 1 atom stereocenters. The molecule has 5 nitrogen and oxygen atoms in total. The average Bonchev–Trinajstić information content (AvgIpc) is 3.07. The van der Waals surface area contributed by atoms with Crippen LogP contribution in [0.15, 0.2) is 18.2 Å². The van der Waals surface area contributed by atoms with Crippen molar-refractivity contribution in [2.24, 2.45) is 0 Å². The van der Waals surface area contributed by atoms with Crippen molar-refractivity contribution in [2.45, 2.75) is 65.9 Å². The highest BCUT2D eigenvalue weighted by molar-refractivity contribution is 7.17. The van der Waals surface area contributed by atoms with Gasteiger partial charge in [0.25, 0.3) is 5.91 Å². The van der Waals surface area contributed by atoms with E-state index in [0.29, 0.717) is 29.3 Å². The molecule has 2 aromatic rings. The molecule has 1 aromatic heterocycles. The SMILES string of the molecule is CCOC(=O)c1c(NC(=O)C(CC)Oc2cccc(C)c2C)sc2c1CCCC2. The summed E-state index contributed by atoms with van der Waals surface area (Å²) in [7, 11) is 0. The summed E-state index contributed by atoms with van der Waals surface area (Å²) in [6, 6.07) is 5.83. The fraction of sp³-hybridized carbons (Fsp3) is 0.478. The molecule has 1 amide bonds. The Morgan fingerprint density at radius 2 is 1.93 bits per heavy atom. The van der Waals surface area contributed by atoms with Crippen molar-refractivity contribution in [3.8, 4) is 5.75 Å². The van der Waals surface area contributed by atoms with Crippen LogP contribution in [-0.4, -0.2) is 24.6 Å². The number of carbonyl (C=O) groups excluding carboxylic acids is 2. The summed E-state index contributed by atoms with van der Waals surface area (Å²) < 4.78 is 11.3. The van der Waals surface area contributed by atoms with Crippen LogP contribution >= 0.6 is 11.3 Å². The molecule has 1 unspecified atom stereocenters. The van der Waals surface area contributed by atoms with Gasteiger partial charge in [0, 0.05) is 4.88 Å². The first-order valence-corrected chi connectivity index (χ1v) is 11.1. The molecule has 1 heterocycles. The Morgan fingerprint density at radius 3 is 2.66 bits per heavy atom. The lowest BCUT2D eigenvalue weighted by atomic mass is 9.95. The molecule has 0 aliphatic heterocycles. The quantitative estimate of drug-likeness (QED) is 0.630. The standard InChI is InChI=1S/C23H29NO4S/c1-5-17(28-18-12-9-10-14(3)15(18)4)21(25)24-22-20(23(26)27-6-2)16-11-7-8-13-19(16)29-22/h9-10,12,17H,5-8,11,13H2,1-4H3,(H,24,25). The number of aryl methyl sites for hydroxylation is 2. The van der Waals surface area contributed by atoms with Gasteiger partial charge in [-0.05, 0) is 75.6 Å². The summed E-state index contributed by atoms with van der Waals surface area (Å²) >= 11 is 1.50. The summed E-state index contributed by atoms with van der Waals surface area (Å²) in [4.78, 5) is 26.8. The molecule has 0 saturated carbocycles. The molecule has 156 valence electrons. The monoisotopic (exact) mass is 415 g/mol. The van der Waals surface area contributed by atoms with E-state index in [1.807, 2.05) is 39.0 Å². The van der Waals surface area contributed by atoms with Crippen molar-refractivity contribution in [1.29, 1.82) is 0 Å². The van der Waals surface area contributed by atoms with Crippen LogP contribution in [0.3, 0.4) is 0 Å². The third-order valence-electron chi connectivity index (χ3n) is 5.37. The van der Waals surface area contributed by atoms with Crippen LogP contribution in [0.2, 0.25) is 0 Å². The van der Waals surface area contributed by atoms with Crippen molar-refractivity contribution >= 4 is 28.2 Å². The number of hydrogen-bond donors (Lipinski definition) is 1. The normalized spacial score (nSPS) is 14.1. The number of anilines is 1. The topological polar surface area (TPSA) is 64.6 Å².